The maximum Gasteiger partial charge on any atom is 0.261 e. The van der Waals surface area contributed by atoms with E-state index in [9.17, 15) is 4.79 Å². The van der Waals surface area contributed by atoms with Gasteiger partial charge < -0.3 is 10.6 Å². The minimum Gasteiger partial charge on any atom is -0.351 e. The molecule has 0 aromatic carbocycles. The van der Waals surface area contributed by atoms with Gasteiger partial charge in [-0.05, 0) is 59.9 Å². The highest BCUT2D eigenvalue weighted by Gasteiger charge is 2.14. The summed E-state index contributed by atoms with van der Waals surface area (Å²) in [5.41, 5.74) is 0. The fourth-order valence-electron chi connectivity index (χ4n) is 1.87. The maximum absolute atomic E-state index is 11.7. The van der Waals surface area contributed by atoms with Crippen LogP contribution in [0, 0.1) is 5.92 Å². The van der Waals surface area contributed by atoms with Gasteiger partial charge in [-0.25, -0.2) is 0 Å². The number of hydrogen-bond donors (Lipinski definition) is 2. The highest BCUT2D eigenvalue weighted by molar-refractivity contribution is 9.11. The van der Waals surface area contributed by atoms with Crippen LogP contribution in [0.25, 0.3) is 0 Å². The molecule has 1 saturated heterocycles. The van der Waals surface area contributed by atoms with Crippen molar-refractivity contribution in [2.24, 2.45) is 5.92 Å². The highest BCUT2D eigenvalue weighted by atomic mass is 79.9. The van der Waals surface area contributed by atoms with E-state index in [1.54, 1.807) is 0 Å². The van der Waals surface area contributed by atoms with Crippen LogP contribution >= 0.6 is 27.3 Å². The molecule has 1 unspecified atom stereocenters. The van der Waals surface area contributed by atoms with E-state index in [1.807, 2.05) is 12.1 Å². The zero-order valence-corrected chi connectivity index (χ0v) is 11.4. The van der Waals surface area contributed by atoms with Crippen molar-refractivity contribution in [1.29, 1.82) is 0 Å². The van der Waals surface area contributed by atoms with E-state index in [2.05, 4.69) is 26.6 Å². The zero-order chi connectivity index (χ0) is 11.4. The second kappa shape index (κ2) is 5.80. The molecule has 0 bridgehead atoms. The Bertz CT molecular complexity index is 361. The lowest BCUT2D eigenvalue weighted by molar-refractivity contribution is 0.0955. The number of hydrogen-bond acceptors (Lipinski definition) is 3. The predicted molar refractivity (Wildman–Crippen MR) is 69.9 cm³/mol. The Morgan fingerprint density at radius 2 is 2.50 bits per heavy atom. The van der Waals surface area contributed by atoms with Gasteiger partial charge in [0.2, 0.25) is 0 Å². The van der Waals surface area contributed by atoms with E-state index in [1.165, 1.54) is 17.8 Å². The lowest BCUT2D eigenvalue weighted by Gasteiger charge is -2.08. The van der Waals surface area contributed by atoms with E-state index >= 15 is 0 Å². The summed E-state index contributed by atoms with van der Waals surface area (Å²) in [6.07, 6.45) is 2.31. The number of amides is 1. The van der Waals surface area contributed by atoms with E-state index in [0.29, 0.717) is 0 Å². The minimum absolute atomic E-state index is 0.0432. The molecule has 0 spiro atoms. The number of carbonyl (C=O) groups excluding carboxylic acids is 1. The molecular formula is C11H15BrN2OS. The normalized spacial score (nSPS) is 19.9. The molecule has 88 valence electrons. The van der Waals surface area contributed by atoms with Gasteiger partial charge in [-0.1, -0.05) is 0 Å². The lowest BCUT2D eigenvalue weighted by Crippen LogP contribution is -2.25. The Morgan fingerprint density at radius 3 is 3.12 bits per heavy atom. The van der Waals surface area contributed by atoms with Gasteiger partial charge in [0.15, 0.2) is 0 Å². The SMILES string of the molecule is O=C(NCCC1CCNC1)c1ccc(Br)s1. The Labute approximate surface area is 108 Å². The van der Waals surface area contributed by atoms with Gasteiger partial charge in [0.25, 0.3) is 5.91 Å². The van der Waals surface area contributed by atoms with Crippen molar-refractivity contribution in [2.45, 2.75) is 12.8 Å². The van der Waals surface area contributed by atoms with Crippen LogP contribution in [0.4, 0.5) is 0 Å². The molecule has 16 heavy (non-hydrogen) atoms. The molecule has 1 aromatic rings. The van der Waals surface area contributed by atoms with Crippen molar-refractivity contribution < 1.29 is 4.79 Å². The summed E-state index contributed by atoms with van der Waals surface area (Å²) in [7, 11) is 0. The average molecular weight is 303 g/mol. The summed E-state index contributed by atoms with van der Waals surface area (Å²) in [5.74, 6) is 0.775. The third-order valence-electron chi connectivity index (χ3n) is 2.80. The zero-order valence-electron chi connectivity index (χ0n) is 8.96. The summed E-state index contributed by atoms with van der Waals surface area (Å²) in [4.78, 5) is 12.5. The molecule has 1 amide bonds. The number of halogens is 1. The standard InChI is InChI=1S/C11H15BrN2OS/c12-10-2-1-9(16-10)11(15)14-6-4-8-3-5-13-7-8/h1-2,8,13H,3-7H2,(H,14,15). The van der Waals surface area contributed by atoms with Gasteiger partial charge in [0.1, 0.15) is 0 Å². The van der Waals surface area contributed by atoms with Crippen molar-refractivity contribution in [2.75, 3.05) is 19.6 Å². The molecule has 1 aliphatic rings. The molecule has 5 heteroatoms. The van der Waals surface area contributed by atoms with Crippen LogP contribution in [-0.4, -0.2) is 25.5 Å². The van der Waals surface area contributed by atoms with Crippen molar-refractivity contribution in [3.05, 3.63) is 20.8 Å². The van der Waals surface area contributed by atoms with Gasteiger partial charge in [-0.2, -0.15) is 0 Å². The molecule has 1 aliphatic heterocycles. The average Bonchev–Trinajstić information content (AvgIpc) is 2.89. The van der Waals surface area contributed by atoms with Crippen LogP contribution in [0.2, 0.25) is 0 Å². The first kappa shape index (κ1) is 12.1. The molecule has 3 nitrogen and oxygen atoms in total. The Hall–Kier alpha value is -0.390. The minimum atomic E-state index is 0.0432. The Kier molecular flexibility index (Phi) is 4.37. The summed E-state index contributed by atoms with van der Waals surface area (Å²) >= 11 is 4.82. The van der Waals surface area contributed by atoms with Gasteiger partial charge in [0.05, 0.1) is 8.66 Å². The number of rotatable bonds is 4. The van der Waals surface area contributed by atoms with Gasteiger partial charge in [0, 0.05) is 6.54 Å². The van der Waals surface area contributed by atoms with Crippen LogP contribution in [0.15, 0.2) is 15.9 Å². The Morgan fingerprint density at radius 1 is 1.62 bits per heavy atom. The Balaban J connectivity index is 1.71. The monoisotopic (exact) mass is 302 g/mol. The van der Waals surface area contributed by atoms with Crippen molar-refractivity contribution >= 4 is 33.2 Å². The van der Waals surface area contributed by atoms with Crippen molar-refractivity contribution in [3.8, 4) is 0 Å². The fourth-order valence-corrected chi connectivity index (χ4v) is 3.18. The van der Waals surface area contributed by atoms with Crippen LogP contribution in [-0.2, 0) is 0 Å². The number of carbonyl (C=O) groups is 1. The topological polar surface area (TPSA) is 41.1 Å². The fraction of sp³-hybridized carbons (Fsp3) is 0.545. The lowest BCUT2D eigenvalue weighted by atomic mass is 10.1. The van der Waals surface area contributed by atoms with Crippen LogP contribution in [0.5, 0.6) is 0 Å². The quantitative estimate of drug-likeness (QED) is 0.895. The van der Waals surface area contributed by atoms with Crippen molar-refractivity contribution in [3.63, 3.8) is 0 Å². The first-order chi connectivity index (χ1) is 7.75. The van der Waals surface area contributed by atoms with Crippen LogP contribution in [0.1, 0.15) is 22.5 Å². The van der Waals surface area contributed by atoms with Crippen LogP contribution < -0.4 is 10.6 Å². The molecule has 2 N–H and O–H groups in total. The molecule has 2 rings (SSSR count). The van der Waals surface area contributed by atoms with Gasteiger partial charge >= 0.3 is 0 Å². The number of thiophene rings is 1. The summed E-state index contributed by atoms with van der Waals surface area (Å²) in [5, 5.41) is 6.29. The van der Waals surface area contributed by atoms with Crippen LogP contribution in [0.3, 0.4) is 0 Å². The van der Waals surface area contributed by atoms with E-state index in [4.69, 9.17) is 0 Å². The maximum atomic E-state index is 11.7. The second-order valence-corrected chi connectivity index (χ2v) is 6.47. The van der Waals surface area contributed by atoms with E-state index in [0.717, 1.165) is 40.6 Å². The third kappa shape index (κ3) is 3.30. The molecule has 0 saturated carbocycles. The summed E-state index contributed by atoms with van der Waals surface area (Å²) < 4.78 is 0.998. The molecule has 0 radical (unpaired) electrons. The van der Waals surface area contributed by atoms with Gasteiger partial charge in [-0.15, -0.1) is 11.3 Å². The molecule has 1 atom stereocenters. The van der Waals surface area contributed by atoms with E-state index in [-0.39, 0.29) is 5.91 Å². The van der Waals surface area contributed by atoms with Crippen molar-refractivity contribution in [1.82, 2.24) is 10.6 Å². The predicted octanol–water partition coefficient (Wildman–Crippen LogP) is 2.24. The highest BCUT2D eigenvalue weighted by Crippen LogP contribution is 2.21. The molecular weight excluding hydrogens is 288 g/mol. The third-order valence-corrected chi connectivity index (χ3v) is 4.42. The molecule has 1 aromatic heterocycles. The molecule has 0 aliphatic carbocycles. The second-order valence-electron chi connectivity index (χ2n) is 4.01. The summed E-state index contributed by atoms with van der Waals surface area (Å²) in [6, 6.07) is 3.75. The first-order valence-corrected chi connectivity index (χ1v) is 7.11. The number of nitrogens with one attached hydrogen (secondary N) is 2. The molecule has 2 heterocycles. The van der Waals surface area contributed by atoms with E-state index < -0.39 is 0 Å². The summed E-state index contributed by atoms with van der Waals surface area (Å²) in [6.45, 7) is 3.00. The molecule has 1 fully saturated rings. The smallest absolute Gasteiger partial charge is 0.261 e. The first-order valence-electron chi connectivity index (χ1n) is 5.50. The largest absolute Gasteiger partial charge is 0.351 e. The van der Waals surface area contributed by atoms with Gasteiger partial charge in [-0.3, -0.25) is 4.79 Å².